The van der Waals surface area contributed by atoms with E-state index in [1.165, 1.54) is 33.5 Å². The minimum Gasteiger partial charge on any atom is -0.493 e. The molecule has 10 heteroatoms. The highest BCUT2D eigenvalue weighted by Gasteiger charge is 2.35. The Morgan fingerprint density at radius 2 is 1.64 bits per heavy atom. The molecular weight excluding hydrogens is 343 g/mol. The molecular formula is C15H16F3N3O4. The van der Waals surface area contributed by atoms with Crippen LogP contribution in [-0.2, 0) is 13.2 Å². The smallest absolute Gasteiger partial charge is 0.433 e. The van der Waals surface area contributed by atoms with Crippen molar-refractivity contribution in [2.24, 2.45) is 7.05 Å². The topological polar surface area (TPSA) is 74.6 Å². The second-order valence-corrected chi connectivity index (χ2v) is 4.90. The summed E-state index contributed by atoms with van der Waals surface area (Å²) < 4.78 is 54.4. The average molecular weight is 359 g/mol. The first-order valence-corrected chi connectivity index (χ1v) is 6.93. The third-order valence-corrected chi connectivity index (χ3v) is 3.33. The number of benzene rings is 1. The number of nitrogens with one attached hydrogen (secondary N) is 1. The van der Waals surface area contributed by atoms with Gasteiger partial charge in [-0.2, -0.15) is 18.3 Å². The quantitative estimate of drug-likeness (QED) is 0.889. The maximum atomic E-state index is 12.8. The number of carbonyl (C=O) groups excluding carboxylic acids is 1. The van der Waals surface area contributed by atoms with Gasteiger partial charge >= 0.3 is 6.18 Å². The molecule has 1 amide bonds. The predicted molar refractivity (Wildman–Crippen MR) is 82.3 cm³/mol. The van der Waals surface area contributed by atoms with Crippen molar-refractivity contribution >= 4 is 11.6 Å². The van der Waals surface area contributed by atoms with Crippen molar-refractivity contribution in [3.05, 3.63) is 29.6 Å². The minimum absolute atomic E-state index is 0.249. The van der Waals surface area contributed by atoms with Gasteiger partial charge in [0.1, 0.15) is 5.69 Å². The van der Waals surface area contributed by atoms with E-state index in [1.807, 2.05) is 0 Å². The number of ether oxygens (including phenoxy) is 3. The number of nitrogens with zero attached hydrogens (tertiary/aromatic N) is 2. The van der Waals surface area contributed by atoms with E-state index in [2.05, 4.69) is 10.4 Å². The normalized spacial score (nSPS) is 11.2. The van der Waals surface area contributed by atoms with Crippen LogP contribution in [0.25, 0.3) is 0 Å². The van der Waals surface area contributed by atoms with Gasteiger partial charge in [0.05, 0.1) is 21.3 Å². The van der Waals surface area contributed by atoms with Gasteiger partial charge in [-0.1, -0.05) is 0 Å². The predicted octanol–water partition coefficient (Wildman–Crippen LogP) is 2.72. The number of amides is 1. The van der Waals surface area contributed by atoms with Gasteiger partial charge in [0.25, 0.3) is 5.91 Å². The van der Waals surface area contributed by atoms with E-state index in [0.29, 0.717) is 16.5 Å². The first-order valence-electron chi connectivity index (χ1n) is 6.93. The van der Waals surface area contributed by atoms with Gasteiger partial charge in [0, 0.05) is 30.9 Å². The monoisotopic (exact) mass is 359 g/mol. The Balaban J connectivity index is 2.32. The molecule has 1 heterocycles. The van der Waals surface area contributed by atoms with Gasteiger partial charge in [-0.3, -0.25) is 9.48 Å². The molecule has 0 bridgehead atoms. The van der Waals surface area contributed by atoms with Crippen LogP contribution in [0.4, 0.5) is 18.9 Å². The highest BCUT2D eigenvalue weighted by molar-refractivity contribution is 6.03. The van der Waals surface area contributed by atoms with Gasteiger partial charge in [-0.25, -0.2) is 0 Å². The van der Waals surface area contributed by atoms with Crippen molar-refractivity contribution in [2.75, 3.05) is 26.6 Å². The van der Waals surface area contributed by atoms with Crippen LogP contribution >= 0.6 is 0 Å². The van der Waals surface area contributed by atoms with Gasteiger partial charge in [0.15, 0.2) is 17.2 Å². The molecule has 0 aliphatic heterocycles. The van der Waals surface area contributed by atoms with Crippen LogP contribution in [0.1, 0.15) is 16.2 Å². The average Bonchev–Trinajstić information content (AvgIpc) is 2.96. The lowest BCUT2D eigenvalue weighted by molar-refractivity contribution is -0.143. The number of halogens is 3. The van der Waals surface area contributed by atoms with Crippen molar-refractivity contribution in [3.8, 4) is 17.2 Å². The van der Waals surface area contributed by atoms with Gasteiger partial charge < -0.3 is 19.5 Å². The maximum Gasteiger partial charge on any atom is 0.433 e. The van der Waals surface area contributed by atoms with E-state index >= 15 is 0 Å². The Hall–Kier alpha value is -2.91. The second kappa shape index (κ2) is 6.91. The second-order valence-electron chi connectivity index (χ2n) is 4.90. The summed E-state index contributed by atoms with van der Waals surface area (Å²) >= 11 is 0. The highest BCUT2D eigenvalue weighted by Crippen LogP contribution is 2.40. The molecule has 1 aromatic heterocycles. The maximum absolute atomic E-state index is 12.8. The number of carbonyl (C=O) groups is 1. The van der Waals surface area contributed by atoms with Crippen LogP contribution in [0.3, 0.4) is 0 Å². The van der Waals surface area contributed by atoms with Gasteiger partial charge in [-0.15, -0.1) is 0 Å². The molecule has 0 aliphatic carbocycles. The zero-order chi connectivity index (χ0) is 18.8. The summed E-state index contributed by atoms with van der Waals surface area (Å²) in [5, 5.41) is 6.04. The number of hydrogen-bond acceptors (Lipinski definition) is 5. The summed E-state index contributed by atoms with van der Waals surface area (Å²) in [6, 6.07) is 3.58. The number of methoxy groups -OCH3 is 3. The van der Waals surface area contributed by atoms with Gasteiger partial charge in [-0.05, 0) is 0 Å². The fraction of sp³-hybridized carbons (Fsp3) is 0.333. The van der Waals surface area contributed by atoms with Crippen molar-refractivity contribution in [2.45, 2.75) is 6.18 Å². The van der Waals surface area contributed by atoms with E-state index in [-0.39, 0.29) is 22.9 Å². The van der Waals surface area contributed by atoms with Crippen LogP contribution < -0.4 is 19.5 Å². The summed E-state index contributed by atoms with van der Waals surface area (Å²) in [5.41, 5.74) is -1.15. The molecule has 0 spiro atoms. The zero-order valence-electron chi connectivity index (χ0n) is 13.9. The molecule has 7 nitrogen and oxygen atoms in total. The van der Waals surface area contributed by atoms with Crippen molar-refractivity contribution in [3.63, 3.8) is 0 Å². The molecule has 0 aliphatic rings. The molecule has 2 rings (SSSR count). The molecule has 1 N–H and O–H groups in total. The molecule has 136 valence electrons. The molecule has 2 aromatic rings. The molecule has 0 radical (unpaired) electrons. The first-order chi connectivity index (χ1) is 11.7. The van der Waals surface area contributed by atoms with E-state index < -0.39 is 17.8 Å². The van der Waals surface area contributed by atoms with E-state index in [9.17, 15) is 18.0 Å². The Morgan fingerprint density at radius 3 is 2.04 bits per heavy atom. The summed E-state index contributed by atoms with van der Waals surface area (Å²) in [6.07, 6.45) is -4.60. The SMILES string of the molecule is COc1cc(NC(=O)c2cc(C(F)(F)F)n(C)n2)cc(OC)c1OC. The third-order valence-electron chi connectivity index (χ3n) is 3.33. The van der Waals surface area contributed by atoms with Crippen LogP contribution in [-0.4, -0.2) is 37.0 Å². The zero-order valence-corrected chi connectivity index (χ0v) is 13.9. The van der Waals surface area contributed by atoms with E-state index in [4.69, 9.17) is 14.2 Å². The molecule has 0 unspecified atom stereocenters. The fourth-order valence-electron chi connectivity index (χ4n) is 2.19. The molecule has 25 heavy (non-hydrogen) atoms. The van der Waals surface area contributed by atoms with Crippen LogP contribution in [0, 0.1) is 0 Å². The van der Waals surface area contributed by atoms with E-state index in [0.717, 1.165) is 7.05 Å². The standard InChI is InChI=1S/C15H16F3N3O4/c1-21-12(15(16,17)18)7-9(20-21)14(22)19-8-5-10(23-2)13(25-4)11(6-8)24-3/h5-7H,1-4H3,(H,19,22). The molecule has 0 fully saturated rings. The molecule has 0 atom stereocenters. The van der Waals surface area contributed by atoms with Crippen molar-refractivity contribution in [1.29, 1.82) is 0 Å². The first kappa shape index (κ1) is 18.4. The third kappa shape index (κ3) is 3.78. The van der Waals surface area contributed by atoms with E-state index in [1.54, 1.807) is 0 Å². The molecule has 0 saturated heterocycles. The number of hydrogen-bond donors (Lipinski definition) is 1. The van der Waals surface area contributed by atoms with Crippen molar-refractivity contribution in [1.82, 2.24) is 9.78 Å². The Bertz CT molecular complexity index is 762. The summed E-state index contributed by atoms with van der Waals surface area (Å²) in [4.78, 5) is 12.2. The fourth-order valence-corrected chi connectivity index (χ4v) is 2.19. The highest BCUT2D eigenvalue weighted by atomic mass is 19.4. The lowest BCUT2D eigenvalue weighted by Crippen LogP contribution is -2.13. The number of rotatable bonds is 5. The number of aryl methyl sites for hydroxylation is 1. The number of alkyl halides is 3. The van der Waals surface area contributed by atoms with Crippen LogP contribution in [0.5, 0.6) is 17.2 Å². The van der Waals surface area contributed by atoms with Crippen LogP contribution in [0.15, 0.2) is 18.2 Å². The minimum atomic E-state index is -4.60. The van der Waals surface area contributed by atoms with Gasteiger partial charge in [0.2, 0.25) is 5.75 Å². The Kier molecular flexibility index (Phi) is 5.10. The van der Waals surface area contributed by atoms with Crippen LogP contribution in [0.2, 0.25) is 0 Å². The Labute approximate surface area is 141 Å². The summed E-state index contributed by atoms with van der Waals surface area (Å²) in [5.74, 6) is 0.0869. The molecule has 1 aromatic carbocycles. The molecule has 0 saturated carbocycles. The number of anilines is 1. The van der Waals surface area contributed by atoms with Crippen molar-refractivity contribution < 1.29 is 32.2 Å². The summed E-state index contributed by atoms with van der Waals surface area (Å²) in [7, 11) is 5.33. The Morgan fingerprint density at radius 1 is 1.08 bits per heavy atom. The summed E-state index contributed by atoms with van der Waals surface area (Å²) in [6.45, 7) is 0. The lowest BCUT2D eigenvalue weighted by atomic mass is 10.2. The lowest BCUT2D eigenvalue weighted by Gasteiger charge is -2.14. The number of aromatic nitrogens is 2. The largest absolute Gasteiger partial charge is 0.493 e.